The molecular formula is C18H17ClFNO3. The van der Waals surface area contributed by atoms with Gasteiger partial charge in [-0.2, -0.15) is 0 Å². The van der Waals surface area contributed by atoms with Crippen LogP contribution in [0.25, 0.3) is 0 Å². The Kier molecular flexibility index (Phi) is 5.93. The summed E-state index contributed by atoms with van der Waals surface area (Å²) in [5.74, 6) is -1.81. The Morgan fingerprint density at radius 3 is 2.67 bits per heavy atom. The molecule has 2 aromatic rings. The number of aryl methyl sites for hydroxylation is 2. The summed E-state index contributed by atoms with van der Waals surface area (Å²) in [5.41, 5.74) is 2.74. The van der Waals surface area contributed by atoms with E-state index in [1.807, 2.05) is 32.0 Å². The lowest BCUT2D eigenvalue weighted by atomic mass is 10.1. The van der Waals surface area contributed by atoms with Gasteiger partial charge in [0.1, 0.15) is 5.82 Å². The molecule has 2 rings (SSSR count). The second kappa shape index (κ2) is 7.93. The van der Waals surface area contributed by atoms with Gasteiger partial charge in [0.2, 0.25) is 0 Å². The number of hydrogen-bond acceptors (Lipinski definition) is 3. The number of benzene rings is 2. The third kappa shape index (κ3) is 4.32. The van der Waals surface area contributed by atoms with Gasteiger partial charge >= 0.3 is 5.97 Å². The summed E-state index contributed by atoms with van der Waals surface area (Å²) in [7, 11) is 0. The normalized spacial score (nSPS) is 10.3. The number of hydrogen-bond donors (Lipinski definition) is 1. The molecule has 0 radical (unpaired) electrons. The monoisotopic (exact) mass is 349 g/mol. The highest BCUT2D eigenvalue weighted by atomic mass is 35.5. The summed E-state index contributed by atoms with van der Waals surface area (Å²) >= 11 is 5.62. The van der Waals surface area contributed by atoms with Crippen LogP contribution >= 0.6 is 11.6 Å². The van der Waals surface area contributed by atoms with Crippen molar-refractivity contribution in [2.75, 3.05) is 11.9 Å². The zero-order valence-corrected chi connectivity index (χ0v) is 14.1. The number of carbonyl (C=O) groups excluding carboxylic acids is 2. The van der Waals surface area contributed by atoms with E-state index in [1.165, 1.54) is 6.07 Å². The first-order valence-electron chi connectivity index (χ1n) is 7.43. The van der Waals surface area contributed by atoms with Crippen LogP contribution in [0.2, 0.25) is 5.02 Å². The largest absolute Gasteiger partial charge is 0.452 e. The molecule has 0 aliphatic carbocycles. The van der Waals surface area contributed by atoms with Crippen LogP contribution in [0.3, 0.4) is 0 Å². The van der Waals surface area contributed by atoms with Crippen molar-refractivity contribution in [2.24, 2.45) is 0 Å². The van der Waals surface area contributed by atoms with Crippen LogP contribution in [0, 0.1) is 12.7 Å². The van der Waals surface area contributed by atoms with Gasteiger partial charge in [0.05, 0.1) is 10.6 Å². The van der Waals surface area contributed by atoms with Crippen molar-refractivity contribution in [3.8, 4) is 0 Å². The third-order valence-corrected chi connectivity index (χ3v) is 3.78. The summed E-state index contributed by atoms with van der Waals surface area (Å²) in [6.07, 6.45) is 0.769. The molecule has 0 fully saturated rings. The summed E-state index contributed by atoms with van der Waals surface area (Å²) < 4.78 is 18.0. The highest BCUT2D eigenvalue weighted by Gasteiger charge is 2.14. The fraction of sp³-hybridized carbons (Fsp3) is 0.222. The predicted molar refractivity (Wildman–Crippen MR) is 90.9 cm³/mol. The first kappa shape index (κ1) is 17.9. The standard InChI is InChI=1S/C18H17ClFNO3/c1-3-12-6-4-5-11(2)17(12)21-16(22)10-24-18(23)13-7-8-15(20)14(19)9-13/h4-9H,3,10H2,1-2H3,(H,21,22). The SMILES string of the molecule is CCc1cccc(C)c1NC(=O)COC(=O)c1ccc(F)c(Cl)c1. The summed E-state index contributed by atoms with van der Waals surface area (Å²) in [5, 5.41) is 2.58. The van der Waals surface area contributed by atoms with Crippen molar-refractivity contribution in [3.05, 3.63) is 63.9 Å². The number of nitrogens with one attached hydrogen (secondary N) is 1. The highest BCUT2D eigenvalue weighted by Crippen LogP contribution is 2.21. The van der Waals surface area contributed by atoms with E-state index < -0.39 is 24.3 Å². The number of anilines is 1. The molecule has 6 heteroatoms. The Morgan fingerprint density at radius 1 is 1.25 bits per heavy atom. The van der Waals surface area contributed by atoms with Crippen LogP contribution in [-0.2, 0) is 16.0 Å². The molecule has 24 heavy (non-hydrogen) atoms. The van der Waals surface area contributed by atoms with E-state index in [2.05, 4.69) is 5.32 Å². The molecule has 0 saturated carbocycles. The number of halogens is 2. The lowest BCUT2D eigenvalue weighted by Gasteiger charge is -2.13. The second-order valence-corrected chi connectivity index (χ2v) is 5.62. The van der Waals surface area contributed by atoms with Gasteiger partial charge < -0.3 is 10.1 Å². The van der Waals surface area contributed by atoms with Crippen LogP contribution in [-0.4, -0.2) is 18.5 Å². The molecule has 1 N–H and O–H groups in total. The quantitative estimate of drug-likeness (QED) is 0.825. The molecule has 0 heterocycles. The van der Waals surface area contributed by atoms with Gasteiger partial charge in [-0.1, -0.05) is 36.7 Å². The molecule has 0 aromatic heterocycles. The third-order valence-electron chi connectivity index (χ3n) is 3.49. The molecule has 2 aromatic carbocycles. The van der Waals surface area contributed by atoms with Crippen molar-refractivity contribution in [3.63, 3.8) is 0 Å². The van der Waals surface area contributed by atoms with Crippen molar-refractivity contribution in [1.82, 2.24) is 0 Å². The number of amides is 1. The van der Waals surface area contributed by atoms with Crippen LogP contribution in [0.4, 0.5) is 10.1 Å². The predicted octanol–water partition coefficient (Wildman–Crippen LogP) is 4.15. The Hall–Kier alpha value is -2.40. The molecule has 126 valence electrons. The number of ether oxygens (including phenoxy) is 1. The maximum Gasteiger partial charge on any atom is 0.338 e. The molecule has 0 spiro atoms. The maximum atomic E-state index is 13.1. The Balaban J connectivity index is 1.98. The average Bonchev–Trinajstić information content (AvgIpc) is 2.57. The van der Waals surface area contributed by atoms with E-state index >= 15 is 0 Å². The lowest BCUT2D eigenvalue weighted by Crippen LogP contribution is -2.22. The minimum absolute atomic E-state index is 0.0827. The number of carbonyl (C=O) groups is 2. The fourth-order valence-electron chi connectivity index (χ4n) is 2.22. The molecule has 0 aliphatic rings. The summed E-state index contributed by atoms with van der Waals surface area (Å²) in [6.45, 7) is 3.44. The van der Waals surface area contributed by atoms with Crippen molar-refractivity contribution in [2.45, 2.75) is 20.3 Å². The van der Waals surface area contributed by atoms with Gasteiger partial charge in [-0.05, 0) is 42.7 Å². The van der Waals surface area contributed by atoms with Crippen LogP contribution < -0.4 is 5.32 Å². The second-order valence-electron chi connectivity index (χ2n) is 5.22. The first-order valence-corrected chi connectivity index (χ1v) is 7.80. The fourth-order valence-corrected chi connectivity index (χ4v) is 2.40. The Bertz CT molecular complexity index is 777. The van der Waals surface area contributed by atoms with E-state index in [1.54, 1.807) is 0 Å². The number of para-hydroxylation sites is 1. The lowest BCUT2D eigenvalue weighted by molar-refractivity contribution is -0.119. The summed E-state index contributed by atoms with van der Waals surface area (Å²) in [4.78, 5) is 23.9. The van der Waals surface area contributed by atoms with Crippen molar-refractivity contribution in [1.29, 1.82) is 0 Å². The molecule has 0 atom stereocenters. The van der Waals surface area contributed by atoms with Gasteiger partial charge in [0.25, 0.3) is 5.91 Å². The zero-order valence-electron chi connectivity index (χ0n) is 13.4. The molecule has 0 unspecified atom stereocenters. The molecule has 0 aliphatic heterocycles. The first-order chi connectivity index (χ1) is 11.4. The van der Waals surface area contributed by atoms with Crippen molar-refractivity contribution < 1.29 is 18.7 Å². The molecular weight excluding hydrogens is 333 g/mol. The average molecular weight is 350 g/mol. The van der Waals surface area contributed by atoms with Gasteiger partial charge in [-0.15, -0.1) is 0 Å². The Morgan fingerprint density at radius 2 is 2.00 bits per heavy atom. The van der Waals surface area contributed by atoms with Crippen LogP contribution in [0.5, 0.6) is 0 Å². The maximum absolute atomic E-state index is 13.1. The summed E-state index contributed by atoms with van der Waals surface area (Å²) in [6, 6.07) is 9.21. The topological polar surface area (TPSA) is 55.4 Å². The van der Waals surface area contributed by atoms with Gasteiger partial charge in [-0.25, -0.2) is 9.18 Å². The zero-order chi connectivity index (χ0) is 17.7. The van der Waals surface area contributed by atoms with Gasteiger partial charge in [-0.3, -0.25) is 4.79 Å². The van der Waals surface area contributed by atoms with E-state index in [0.717, 1.165) is 35.4 Å². The van der Waals surface area contributed by atoms with Crippen LogP contribution in [0.1, 0.15) is 28.4 Å². The minimum Gasteiger partial charge on any atom is -0.452 e. The molecule has 0 bridgehead atoms. The van der Waals surface area contributed by atoms with Crippen molar-refractivity contribution >= 4 is 29.2 Å². The van der Waals surface area contributed by atoms with E-state index in [-0.39, 0.29) is 10.6 Å². The number of rotatable bonds is 5. The van der Waals surface area contributed by atoms with Gasteiger partial charge in [0, 0.05) is 5.69 Å². The molecule has 4 nitrogen and oxygen atoms in total. The van der Waals surface area contributed by atoms with E-state index in [4.69, 9.17) is 16.3 Å². The Labute approximate surface area is 144 Å². The van der Waals surface area contributed by atoms with E-state index in [9.17, 15) is 14.0 Å². The smallest absolute Gasteiger partial charge is 0.338 e. The van der Waals surface area contributed by atoms with Crippen LogP contribution in [0.15, 0.2) is 36.4 Å². The minimum atomic E-state index is -0.743. The van der Waals surface area contributed by atoms with Gasteiger partial charge in [0.15, 0.2) is 6.61 Å². The molecule has 1 amide bonds. The molecule has 0 saturated heterocycles. The number of esters is 1. The highest BCUT2D eigenvalue weighted by molar-refractivity contribution is 6.31. The van der Waals surface area contributed by atoms with E-state index in [0.29, 0.717) is 0 Å².